The van der Waals surface area contributed by atoms with E-state index in [2.05, 4.69) is 15.6 Å². The second-order valence-electron chi connectivity index (χ2n) is 4.18. The van der Waals surface area contributed by atoms with Gasteiger partial charge in [0.15, 0.2) is 0 Å². The zero-order valence-electron chi connectivity index (χ0n) is 11.3. The van der Waals surface area contributed by atoms with Crippen molar-refractivity contribution >= 4 is 17.6 Å². The van der Waals surface area contributed by atoms with Crippen LogP contribution in [-0.4, -0.2) is 39.1 Å². The Labute approximate surface area is 120 Å². The van der Waals surface area contributed by atoms with E-state index in [-0.39, 0.29) is 23.6 Å². The lowest BCUT2D eigenvalue weighted by Gasteiger charge is -2.10. The van der Waals surface area contributed by atoms with E-state index in [1.165, 1.54) is 36.2 Å². The number of carbonyl (C=O) groups is 2. The molecule has 0 bridgehead atoms. The number of nitrogens with one attached hydrogen (secondary N) is 1. The molecule has 1 aromatic heterocycles. The van der Waals surface area contributed by atoms with Gasteiger partial charge >= 0.3 is 5.97 Å². The molecule has 1 aromatic carbocycles. The van der Waals surface area contributed by atoms with Gasteiger partial charge in [-0.25, -0.2) is 4.79 Å². The Morgan fingerprint density at radius 3 is 2.86 bits per heavy atom. The number of benzene rings is 1. The highest BCUT2D eigenvalue weighted by molar-refractivity contribution is 6.00. The lowest BCUT2D eigenvalue weighted by Crippen LogP contribution is -2.17. The normalized spacial score (nSPS) is 10.1. The van der Waals surface area contributed by atoms with Crippen LogP contribution < -0.4 is 10.1 Å². The van der Waals surface area contributed by atoms with E-state index in [1.807, 2.05) is 0 Å². The summed E-state index contributed by atoms with van der Waals surface area (Å²) < 4.78 is 6.54. The molecule has 0 atom stereocenters. The molecule has 2 aromatic rings. The highest BCUT2D eigenvalue weighted by Gasteiger charge is 2.13. The summed E-state index contributed by atoms with van der Waals surface area (Å²) in [5, 5.41) is 19.0. The maximum atomic E-state index is 11.9. The standard InChI is InChI=1S/C13H14N4O4/c1-21-9-2-3-10(13(19)20)11(8-9)15-12(18)4-6-17-7-5-14-16-17/h2-3,5,7-8H,4,6H2,1H3,(H,15,18)(H,19,20). The molecule has 0 aliphatic rings. The van der Waals surface area contributed by atoms with E-state index in [1.54, 1.807) is 6.20 Å². The summed E-state index contributed by atoms with van der Waals surface area (Å²) in [6.07, 6.45) is 3.31. The predicted octanol–water partition coefficient (Wildman–Crippen LogP) is 1.01. The number of aryl methyl sites for hydroxylation is 1. The molecule has 0 saturated carbocycles. The molecule has 2 rings (SSSR count). The quantitative estimate of drug-likeness (QED) is 0.822. The molecule has 0 unspecified atom stereocenters. The van der Waals surface area contributed by atoms with E-state index < -0.39 is 5.97 Å². The maximum absolute atomic E-state index is 11.9. The van der Waals surface area contributed by atoms with Gasteiger partial charge in [-0.3, -0.25) is 9.48 Å². The predicted molar refractivity (Wildman–Crippen MR) is 73.2 cm³/mol. The van der Waals surface area contributed by atoms with Crippen LogP contribution in [0.15, 0.2) is 30.6 Å². The van der Waals surface area contributed by atoms with Crippen LogP contribution in [0.2, 0.25) is 0 Å². The number of nitrogens with zero attached hydrogens (tertiary/aromatic N) is 3. The molecule has 21 heavy (non-hydrogen) atoms. The zero-order valence-corrected chi connectivity index (χ0v) is 11.3. The number of carbonyl (C=O) groups excluding carboxylic acids is 1. The smallest absolute Gasteiger partial charge is 0.337 e. The summed E-state index contributed by atoms with van der Waals surface area (Å²) in [5.41, 5.74) is 0.204. The number of ether oxygens (including phenoxy) is 1. The lowest BCUT2D eigenvalue weighted by atomic mass is 10.1. The molecule has 0 spiro atoms. The minimum absolute atomic E-state index is 0.00454. The second kappa shape index (κ2) is 6.51. The Kier molecular flexibility index (Phi) is 4.50. The van der Waals surface area contributed by atoms with Gasteiger partial charge in [0.25, 0.3) is 0 Å². The number of hydrogen-bond donors (Lipinski definition) is 2. The van der Waals surface area contributed by atoms with Crippen LogP contribution in [0, 0.1) is 0 Å². The van der Waals surface area contributed by atoms with Crippen molar-refractivity contribution in [1.82, 2.24) is 15.0 Å². The van der Waals surface area contributed by atoms with E-state index >= 15 is 0 Å². The monoisotopic (exact) mass is 290 g/mol. The van der Waals surface area contributed by atoms with Crippen LogP contribution >= 0.6 is 0 Å². The third kappa shape index (κ3) is 3.78. The molecule has 1 heterocycles. The Balaban J connectivity index is 2.06. The van der Waals surface area contributed by atoms with Gasteiger partial charge in [-0.15, -0.1) is 5.10 Å². The van der Waals surface area contributed by atoms with Gasteiger partial charge in [0.05, 0.1) is 31.1 Å². The first-order chi connectivity index (χ1) is 10.1. The van der Waals surface area contributed by atoms with Gasteiger partial charge < -0.3 is 15.2 Å². The number of methoxy groups -OCH3 is 1. The highest BCUT2D eigenvalue weighted by Crippen LogP contribution is 2.22. The number of carboxylic acid groups (broad SMARTS) is 1. The maximum Gasteiger partial charge on any atom is 0.337 e. The first-order valence-corrected chi connectivity index (χ1v) is 6.15. The molecule has 0 aliphatic heterocycles. The van der Waals surface area contributed by atoms with Crippen molar-refractivity contribution in [2.45, 2.75) is 13.0 Å². The Bertz CT molecular complexity index is 640. The van der Waals surface area contributed by atoms with Gasteiger partial charge in [0, 0.05) is 18.7 Å². The average molecular weight is 290 g/mol. The molecule has 0 aliphatic carbocycles. The molecular formula is C13H14N4O4. The van der Waals surface area contributed by atoms with Crippen molar-refractivity contribution in [2.24, 2.45) is 0 Å². The van der Waals surface area contributed by atoms with E-state index in [0.717, 1.165) is 0 Å². The number of anilines is 1. The van der Waals surface area contributed by atoms with Crippen LogP contribution in [-0.2, 0) is 11.3 Å². The topological polar surface area (TPSA) is 106 Å². The number of amides is 1. The highest BCUT2D eigenvalue weighted by atomic mass is 16.5. The number of hydrogen-bond acceptors (Lipinski definition) is 5. The van der Waals surface area contributed by atoms with Crippen molar-refractivity contribution < 1.29 is 19.4 Å². The summed E-state index contributed by atoms with van der Waals surface area (Å²) in [6.45, 7) is 0.359. The molecule has 2 N–H and O–H groups in total. The first-order valence-electron chi connectivity index (χ1n) is 6.15. The summed E-state index contributed by atoms with van der Waals surface area (Å²) in [4.78, 5) is 23.0. The lowest BCUT2D eigenvalue weighted by molar-refractivity contribution is -0.116. The Morgan fingerprint density at radius 1 is 1.43 bits per heavy atom. The summed E-state index contributed by atoms with van der Waals surface area (Å²) in [5.74, 6) is -0.975. The molecule has 8 heteroatoms. The Hall–Kier alpha value is -2.90. The van der Waals surface area contributed by atoms with Gasteiger partial charge in [-0.1, -0.05) is 5.21 Å². The fraction of sp³-hybridized carbons (Fsp3) is 0.231. The largest absolute Gasteiger partial charge is 0.497 e. The molecule has 0 saturated heterocycles. The van der Waals surface area contributed by atoms with Crippen LogP contribution in [0.25, 0.3) is 0 Å². The van der Waals surface area contributed by atoms with Crippen molar-refractivity contribution in [3.63, 3.8) is 0 Å². The summed E-state index contributed by atoms with van der Waals surface area (Å²) in [7, 11) is 1.46. The van der Waals surface area contributed by atoms with Crippen LogP contribution in [0.1, 0.15) is 16.8 Å². The SMILES string of the molecule is COc1ccc(C(=O)O)c(NC(=O)CCn2ccnn2)c1. The van der Waals surface area contributed by atoms with E-state index in [0.29, 0.717) is 12.3 Å². The molecule has 0 radical (unpaired) electrons. The Morgan fingerprint density at radius 2 is 2.24 bits per heavy atom. The fourth-order valence-corrected chi connectivity index (χ4v) is 1.72. The third-order valence-electron chi connectivity index (χ3n) is 2.77. The van der Waals surface area contributed by atoms with Gasteiger partial charge in [0.2, 0.25) is 5.91 Å². The van der Waals surface area contributed by atoms with Crippen LogP contribution in [0.3, 0.4) is 0 Å². The number of carboxylic acids is 1. The number of rotatable bonds is 6. The van der Waals surface area contributed by atoms with E-state index in [9.17, 15) is 9.59 Å². The summed E-state index contributed by atoms with van der Waals surface area (Å²) in [6, 6.07) is 4.37. The fourth-order valence-electron chi connectivity index (χ4n) is 1.72. The molecule has 8 nitrogen and oxygen atoms in total. The third-order valence-corrected chi connectivity index (χ3v) is 2.77. The molecular weight excluding hydrogens is 276 g/mol. The molecule has 110 valence electrons. The van der Waals surface area contributed by atoms with Gasteiger partial charge in [-0.2, -0.15) is 0 Å². The van der Waals surface area contributed by atoms with Gasteiger partial charge in [-0.05, 0) is 12.1 Å². The van der Waals surface area contributed by atoms with E-state index in [4.69, 9.17) is 9.84 Å². The second-order valence-corrected chi connectivity index (χ2v) is 4.18. The zero-order chi connectivity index (χ0) is 15.2. The van der Waals surface area contributed by atoms with Crippen molar-refractivity contribution in [2.75, 3.05) is 12.4 Å². The average Bonchev–Trinajstić information content (AvgIpc) is 2.98. The summed E-state index contributed by atoms with van der Waals surface area (Å²) >= 11 is 0. The van der Waals surface area contributed by atoms with Gasteiger partial charge in [0.1, 0.15) is 5.75 Å². The molecule has 0 fully saturated rings. The minimum Gasteiger partial charge on any atom is -0.497 e. The van der Waals surface area contributed by atoms with Crippen molar-refractivity contribution in [3.05, 3.63) is 36.2 Å². The molecule has 1 amide bonds. The number of aromatic carboxylic acids is 1. The first kappa shape index (κ1) is 14.5. The number of aromatic nitrogens is 3. The van der Waals surface area contributed by atoms with Crippen LogP contribution in [0.4, 0.5) is 5.69 Å². The van der Waals surface area contributed by atoms with Crippen LogP contribution in [0.5, 0.6) is 5.75 Å². The van der Waals surface area contributed by atoms with Crippen molar-refractivity contribution in [3.8, 4) is 5.75 Å². The van der Waals surface area contributed by atoms with Crippen molar-refractivity contribution in [1.29, 1.82) is 0 Å². The minimum atomic E-state index is -1.12.